The molecule has 0 spiro atoms. The lowest BCUT2D eigenvalue weighted by molar-refractivity contribution is 0.0696. The van der Waals surface area contributed by atoms with Crippen LogP contribution in [0.5, 0.6) is 11.5 Å². The van der Waals surface area contributed by atoms with Crippen LogP contribution in [0.3, 0.4) is 0 Å². The molecule has 0 saturated heterocycles. The molecule has 3 N–H and O–H groups in total. The number of carboxylic acid groups (broad SMARTS) is 1. The Hall–Kier alpha value is -4.40. The third kappa shape index (κ3) is 3.42. The number of carbonyl (C=O) groups excluding carboxylic acids is 1. The van der Waals surface area contributed by atoms with Gasteiger partial charge in [0.1, 0.15) is 17.2 Å². The first-order valence-corrected chi connectivity index (χ1v) is 9.16. The summed E-state index contributed by atoms with van der Waals surface area (Å²) >= 11 is 0. The standard InChI is InChI=1S/C22H18N4O5/c1-30-17-5-7-24-11-14(17)19-16-9-13(22(28)29)6-8-26(16)21(25-19)20(27)12-3-4-15(23)18(10-12)31-2/h3-11H,23H2,1-2H3,(H,28,29). The third-order valence-corrected chi connectivity index (χ3v) is 4.85. The van der Waals surface area contributed by atoms with Crippen LogP contribution < -0.4 is 15.2 Å². The molecular weight excluding hydrogens is 400 g/mol. The van der Waals surface area contributed by atoms with Crippen LogP contribution in [0.15, 0.2) is 55.0 Å². The molecule has 0 aliphatic rings. The van der Waals surface area contributed by atoms with Crippen LogP contribution in [0.25, 0.3) is 16.8 Å². The fourth-order valence-electron chi connectivity index (χ4n) is 3.29. The van der Waals surface area contributed by atoms with Gasteiger partial charge < -0.3 is 20.3 Å². The Kier molecular flexibility index (Phi) is 5.00. The summed E-state index contributed by atoms with van der Waals surface area (Å²) in [4.78, 5) is 33.5. The number of benzene rings is 1. The summed E-state index contributed by atoms with van der Waals surface area (Å²) in [5, 5.41) is 9.42. The summed E-state index contributed by atoms with van der Waals surface area (Å²) in [7, 11) is 2.97. The molecule has 31 heavy (non-hydrogen) atoms. The van der Waals surface area contributed by atoms with E-state index in [2.05, 4.69) is 9.97 Å². The van der Waals surface area contributed by atoms with E-state index in [1.54, 1.807) is 35.0 Å². The molecule has 3 heterocycles. The topological polar surface area (TPSA) is 129 Å². The molecular formula is C22H18N4O5. The van der Waals surface area contributed by atoms with Crippen molar-refractivity contribution >= 4 is 23.0 Å². The van der Waals surface area contributed by atoms with E-state index in [0.29, 0.717) is 39.5 Å². The number of nitrogens with two attached hydrogens (primary N) is 1. The lowest BCUT2D eigenvalue weighted by Crippen LogP contribution is -2.08. The number of methoxy groups -OCH3 is 2. The maximum atomic E-state index is 13.3. The second kappa shape index (κ2) is 7.79. The number of anilines is 1. The van der Waals surface area contributed by atoms with Crippen LogP contribution in [-0.2, 0) is 0 Å². The first-order valence-electron chi connectivity index (χ1n) is 9.16. The van der Waals surface area contributed by atoms with E-state index in [-0.39, 0.29) is 17.2 Å². The number of fused-ring (bicyclic) bond motifs is 1. The van der Waals surface area contributed by atoms with Crippen LogP contribution in [0.4, 0.5) is 5.69 Å². The quantitative estimate of drug-likeness (QED) is 0.361. The maximum Gasteiger partial charge on any atom is 0.335 e. The number of pyridine rings is 2. The van der Waals surface area contributed by atoms with Gasteiger partial charge in [0.2, 0.25) is 5.78 Å². The molecule has 4 rings (SSSR count). The molecule has 9 heteroatoms. The molecule has 0 aliphatic carbocycles. The van der Waals surface area contributed by atoms with Gasteiger partial charge in [-0.3, -0.25) is 14.2 Å². The minimum Gasteiger partial charge on any atom is -0.496 e. The fraction of sp³-hybridized carbons (Fsp3) is 0.0909. The average molecular weight is 418 g/mol. The first kappa shape index (κ1) is 19.9. The first-order chi connectivity index (χ1) is 14.9. The van der Waals surface area contributed by atoms with E-state index in [4.69, 9.17) is 15.2 Å². The normalized spacial score (nSPS) is 10.8. The number of carbonyl (C=O) groups is 2. The molecule has 0 radical (unpaired) electrons. The third-order valence-electron chi connectivity index (χ3n) is 4.85. The number of hydrogen-bond donors (Lipinski definition) is 2. The van der Waals surface area contributed by atoms with Gasteiger partial charge in [0.15, 0.2) is 5.82 Å². The number of aromatic carboxylic acids is 1. The largest absolute Gasteiger partial charge is 0.496 e. The summed E-state index contributed by atoms with van der Waals surface area (Å²) in [6.45, 7) is 0. The van der Waals surface area contributed by atoms with Crippen LogP contribution in [0, 0.1) is 0 Å². The number of rotatable bonds is 6. The lowest BCUT2D eigenvalue weighted by atomic mass is 10.1. The zero-order chi connectivity index (χ0) is 22.1. The number of carboxylic acids is 1. The van der Waals surface area contributed by atoms with Gasteiger partial charge in [-0.15, -0.1) is 0 Å². The van der Waals surface area contributed by atoms with Gasteiger partial charge in [0.05, 0.1) is 36.6 Å². The Bertz CT molecular complexity index is 1330. The molecule has 0 amide bonds. The van der Waals surface area contributed by atoms with Gasteiger partial charge >= 0.3 is 5.97 Å². The van der Waals surface area contributed by atoms with Gasteiger partial charge in [0.25, 0.3) is 0 Å². The Morgan fingerprint density at radius 1 is 1.03 bits per heavy atom. The second-order valence-corrected chi connectivity index (χ2v) is 6.62. The van der Waals surface area contributed by atoms with Crippen molar-refractivity contribution in [2.45, 2.75) is 0 Å². The van der Waals surface area contributed by atoms with Crippen LogP contribution in [0.1, 0.15) is 26.5 Å². The van der Waals surface area contributed by atoms with E-state index >= 15 is 0 Å². The average Bonchev–Trinajstić information content (AvgIpc) is 3.17. The monoisotopic (exact) mass is 418 g/mol. The van der Waals surface area contributed by atoms with Gasteiger partial charge in [-0.2, -0.15) is 0 Å². The van der Waals surface area contributed by atoms with Gasteiger partial charge in [-0.1, -0.05) is 0 Å². The van der Waals surface area contributed by atoms with E-state index in [9.17, 15) is 14.7 Å². The lowest BCUT2D eigenvalue weighted by Gasteiger charge is -2.07. The number of ether oxygens (including phenoxy) is 2. The summed E-state index contributed by atoms with van der Waals surface area (Å²) in [6.07, 6.45) is 4.62. The van der Waals surface area contributed by atoms with E-state index < -0.39 is 5.97 Å². The molecule has 0 unspecified atom stereocenters. The van der Waals surface area contributed by atoms with Crippen LogP contribution in [0.2, 0.25) is 0 Å². The van der Waals surface area contributed by atoms with Gasteiger partial charge in [0, 0.05) is 24.2 Å². The number of hydrogen-bond acceptors (Lipinski definition) is 7. The van der Waals surface area contributed by atoms with Gasteiger partial charge in [-0.25, -0.2) is 9.78 Å². The number of nitrogens with zero attached hydrogens (tertiary/aromatic N) is 3. The Balaban J connectivity index is 1.96. The van der Waals surface area contributed by atoms with Crippen molar-refractivity contribution in [1.29, 1.82) is 0 Å². The molecule has 0 fully saturated rings. The molecule has 0 saturated carbocycles. The SMILES string of the molecule is COc1cc(C(=O)c2nc(-c3cnccc3OC)c3cc(C(=O)O)ccn23)ccc1N. The maximum absolute atomic E-state index is 13.3. The summed E-state index contributed by atoms with van der Waals surface area (Å²) in [6, 6.07) is 9.22. The highest BCUT2D eigenvalue weighted by Crippen LogP contribution is 2.33. The predicted molar refractivity (Wildman–Crippen MR) is 113 cm³/mol. The van der Waals surface area contributed by atoms with E-state index in [1.165, 1.54) is 38.6 Å². The highest BCUT2D eigenvalue weighted by Gasteiger charge is 2.23. The number of imidazole rings is 1. The predicted octanol–water partition coefficient (Wildman–Crippen LogP) is 2.92. The van der Waals surface area contributed by atoms with Crippen molar-refractivity contribution in [3.05, 3.63) is 71.9 Å². The molecule has 0 aliphatic heterocycles. The smallest absolute Gasteiger partial charge is 0.335 e. The Labute approximate surface area is 176 Å². The van der Waals surface area contributed by atoms with Crippen molar-refractivity contribution in [3.63, 3.8) is 0 Å². The minimum atomic E-state index is -1.09. The minimum absolute atomic E-state index is 0.0599. The van der Waals surface area contributed by atoms with E-state index in [1.807, 2.05) is 0 Å². The van der Waals surface area contributed by atoms with Crippen molar-refractivity contribution in [2.75, 3.05) is 20.0 Å². The highest BCUT2D eigenvalue weighted by atomic mass is 16.5. The Morgan fingerprint density at radius 2 is 1.81 bits per heavy atom. The molecule has 0 bridgehead atoms. The molecule has 0 atom stereocenters. The van der Waals surface area contributed by atoms with Crippen molar-refractivity contribution < 1.29 is 24.2 Å². The van der Waals surface area contributed by atoms with Crippen LogP contribution >= 0.6 is 0 Å². The molecule has 156 valence electrons. The fourth-order valence-corrected chi connectivity index (χ4v) is 3.29. The number of ketones is 1. The summed E-state index contributed by atoms with van der Waals surface area (Å²) in [5.74, 6) is -0.521. The zero-order valence-corrected chi connectivity index (χ0v) is 16.7. The van der Waals surface area contributed by atoms with Crippen LogP contribution in [-0.4, -0.2) is 45.4 Å². The molecule has 3 aromatic heterocycles. The molecule has 4 aromatic rings. The molecule has 9 nitrogen and oxygen atoms in total. The van der Waals surface area contributed by atoms with Gasteiger partial charge in [-0.05, 0) is 36.4 Å². The zero-order valence-electron chi connectivity index (χ0n) is 16.7. The molecule has 1 aromatic carbocycles. The summed E-state index contributed by atoms with van der Waals surface area (Å²) < 4.78 is 12.2. The Morgan fingerprint density at radius 3 is 2.52 bits per heavy atom. The van der Waals surface area contributed by atoms with Crippen molar-refractivity contribution in [2.24, 2.45) is 0 Å². The number of nitrogen functional groups attached to an aromatic ring is 1. The summed E-state index contributed by atoms with van der Waals surface area (Å²) in [5.41, 5.74) is 7.97. The second-order valence-electron chi connectivity index (χ2n) is 6.62. The number of aromatic nitrogens is 3. The highest BCUT2D eigenvalue weighted by molar-refractivity contribution is 6.09. The van der Waals surface area contributed by atoms with Crippen molar-refractivity contribution in [3.8, 4) is 22.8 Å². The van der Waals surface area contributed by atoms with Crippen molar-refractivity contribution in [1.82, 2.24) is 14.4 Å². The van der Waals surface area contributed by atoms with E-state index in [0.717, 1.165) is 0 Å².